The van der Waals surface area contributed by atoms with E-state index in [9.17, 15) is 4.79 Å². The number of anilines is 1. The average Bonchev–Trinajstić information content (AvgIpc) is 3.24. The quantitative estimate of drug-likeness (QED) is 0.802. The largest absolute Gasteiger partial charge is 0.440 e. The lowest BCUT2D eigenvalue weighted by Crippen LogP contribution is -2.29. The molecule has 6 nitrogen and oxygen atoms in total. The van der Waals surface area contributed by atoms with Gasteiger partial charge in [-0.2, -0.15) is 0 Å². The van der Waals surface area contributed by atoms with Crippen LogP contribution >= 0.6 is 0 Å². The topological polar surface area (TPSA) is 76.4 Å². The summed E-state index contributed by atoms with van der Waals surface area (Å²) in [6.07, 6.45) is 3.10. The molecule has 1 aliphatic carbocycles. The zero-order valence-corrected chi connectivity index (χ0v) is 12.0. The summed E-state index contributed by atoms with van der Waals surface area (Å²) in [4.78, 5) is 16.2. The molecule has 3 rings (SSSR count). The van der Waals surface area contributed by atoms with E-state index in [4.69, 9.17) is 9.15 Å². The van der Waals surface area contributed by atoms with Crippen molar-refractivity contribution < 1.29 is 13.9 Å². The molecule has 1 fully saturated rings. The monoisotopic (exact) mass is 289 g/mol. The van der Waals surface area contributed by atoms with Gasteiger partial charge in [0, 0.05) is 31.9 Å². The van der Waals surface area contributed by atoms with Gasteiger partial charge in [-0.1, -0.05) is 0 Å². The van der Waals surface area contributed by atoms with Gasteiger partial charge in [0.05, 0.1) is 0 Å². The molecule has 1 aromatic heterocycles. The summed E-state index contributed by atoms with van der Waals surface area (Å²) in [5, 5.41) is 5.57. The second-order valence-electron chi connectivity index (χ2n) is 5.24. The van der Waals surface area contributed by atoms with Crippen LogP contribution in [0.2, 0.25) is 0 Å². The van der Waals surface area contributed by atoms with Gasteiger partial charge in [-0.15, -0.1) is 0 Å². The van der Waals surface area contributed by atoms with Gasteiger partial charge >= 0.3 is 6.03 Å². The maximum Gasteiger partial charge on any atom is 0.319 e. The normalized spacial score (nSPS) is 14.3. The molecular weight excluding hydrogens is 270 g/mol. The Morgan fingerprint density at radius 2 is 2.33 bits per heavy atom. The molecule has 6 heteroatoms. The number of rotatable bonds is 6. The number of benzene rings is 1. The highest BCUT2D eigenvalue weighted by Gasteiger charge is 2.28. The van der Waals surface area contributed by atoms with Crippen LogP contribution < -0.4 is 10.6 Å². The van der Waals surface area contributed by atoms with E-state index in [0.717, 1.165) is 36.3 Å². The number of hydrogen-bond acceptors (Lipinski definition) is 4. The van der Waals surface area contributed by atoms with Crippen molar-refractivity contribution >= 4 is 22.8 Å². The number of carbonyl (C=O) groups excluding carboxylic acids is 1. The van der Waals surface area contributed by atoms with E-state index in [0.29, 0.717) is 24.8 Å². The van der Waals surface area contributed by atoms with Crippen LogP contribution in [-0.4, -0.2) is 31.3 Å². The molecule has 0 bridgehead atoms. The Hall–Kier alpha value is -2.08. The van der Waals surface area contributed by atoms with Crippen LogP contribution in [0.4, 0.5) is 10.5 Å². The molecule has 1 heterocycles. The number of urea groups is 1. The second kappa shape index (κ2) is 6.13. The summed E-state index contributed by atoms with van der Waals surface area (Å²) < 4.78 is 10.6. The van der Waals surface area contributed by atoms with E-state index in [1.807, 2.05) is 18.2 Å². The third kappa shape index (κ3) is 3.52. The summed E-state index contributed by atoms with van der Waals surface area (Å²) >= 11 is 0. The zero-order valence-electron chi connectivity index (χ0n) is 12.0. The molecule has 2 N–H and O–H groups in total. The van der Waals surface area contributed by atoms with Crippen LogP contribution in [-0.2, 0) is 4.74 Å². The van der Waals surface area contributed by atoms with Crippen LogP contribution in [0.5, 0.6) is 0 Å². The minimum Gasteiger partial charge on any atom is -0.440 e. The SMILES string of the molecule is COCCCNC(=O)Nc1ccc2oc(C3CC3)nc2c1. The van der Waals surface area contributed by atoms with Crippen LogP contribution in [0.25, 0.3) is 11.1 Å². The van der Waals surface area contributed by atoms with Gasteiger partial charge in [0.2, 0.25) is 0 Å². The maximum atomic E-state index is 11.7. The van der Waals surface area contributed by atoms with Crippen LogP contribution in [0.1, 0.15) is 31.1 Å². The molecule has 0 spiro atoms. The van der Waals surface area contributed by atoms with Gasteiger partial charge in [-0.25, -0.2) is 9.78 Å². The number of hydrogen-bond donors (Lipinski definition) is 2. The van der Waals surface area contributed by atoms with E-state index >= 15 is 0 Å². The fourth-order valence-electron chi connectivity index (χ4n) is 2.12. The summed E-state index contributed by atoms with van der Waals surface area (Å²) in [6, 6.07) is 5.27. The molecular formula is C15H19N3O3. The van der Waals surface area contributed by atoms with E-state index in [2.05, 4.69) is 15.6 Å². The van der Waals surface area contributed by atoms with Crippen LogP contribution in [0.3, 0.4) is 0 Å². The van der Waals surface area contributed by atoms with E-state index < -0.39 is 0 Å². The van der Waals surface area contributed by atoms with Crippen molar-refractivity contribution in [1.82, 2.24) is 10.3 Å². The smallest absolute Gasteiger partial charge is 0.319 e. The van der Waals surface area contributed by atoms with Crippen molar-refractivity contribution in [1.29, 1.82) is 0 Å². The summed E-state index contributed by atoms with van der Waals surface area (Å²) in [5.41, 5.74) is 2.26. The summed E-state index contributed by atoms with van der Waals surface area (Å²) in [6.45, 7) is 1.22. The number of fused-ring (bicyclic) bond motifs is 1. The summed E-state index contributed by atoms with van der Waals surface area (Å²) in [7, 11) is 1.64. The molecule has 21 heavy (non-hydrogen) atoms. The lowest BCUT2D eigenvalue weighted by Gasteiger charge is -2.07. The van der Waals surface area contributed by atoms with E-state index in [1.165, 1.54) is 0 Å². The lowest BCUT2D eigenvalue weighted by molar-refractivity contribution is 0.194. The van der Waals surface area contributed by atoms with Crippen LogP contribution in [0.15, 0.2) is 22.6 Å². The van der Waals surface area contributed by atoms with Crippen molar-refractivity contribution in [3.8, 4) is 0 Å². The number of nitrogens with one attached hydrogen (secondary N) is 2. The number of oxazole rings is 1. The molecule has 0 unspecified atom stereocenters. The van der Waals surface area contributed by atoms with Crippen molar-refractivity contribution in [2.45, 2.75) is 25.2 Å². The minimum atomic E-state index is -0.226. The zero-order chi connectivity index (χ0) is 14.7. The first-order chi connectivity index (χ1) is 10.3. The van der Waals surface area contributed by atoms with Gasteiger partial charge in [-0.3, -0.25) is 0 Å². The average molecular weight is 289 g/mol. The highest BCUT2D eigenvalue weighted by atomic mass is 16.5. The third-order valence-corrected chi connectivity index (χ3v) is 3.40. The second-order valence-corrected chi connectivity index (χ2v) is 5.24. The number of aromatic nitrogens is 1. The molecule has 112 valence electrons. The molecule has 0 aliphatic heterocycles. The van der Waals surface area contributed by atoms with Crippen LogP contribution in [0, 0.1) is 0 Å². The van der Waals surface area contributed by atoms with Gasteiger partial charge in [0.15, 0.2) is 11.5 Å². The number of carbonyl (C=O) groups is 1. The van der Waals surface area contributed by atoms with Crippen molar-refractivity contribution in [2.24, 2.45) is 0 Å². The fourth-order valence-corrected chi connectivity index (χ4v) is 2.12. The Balaban J connectivity index is 1.59. The van der Waals surface area contributed by atoms with Gasteiger partial charge in [-0.05, 0) is 37.5 Å². The predicted molar refractivity (Wildman–Crippen MR) is 79.5 cm³/mol. The van der Waals surface area contributed by atoms with Gasteiger partial charge < -0.3 is 19.8 Å². The Bertz CT molecular complexity index is 634. The number of ether oxygens (including phenoxy) is 1. The molecule has 0 radical (unpaired) electrons. The summed E-state index contributed by atoms with van der Waals surface area (Å²) in [5.74, 6) is 1.30. The Morgan fingerprint density at radius 3 is 3.10 bits per heavy atom. The molecule has 0 atom stereocenters. The number of nitrogens with zero attached hydrogens (tertiary/aromatic N) is 1. The minimum absolute atomic E-state index is 0.226. The van der Waals surface area contributed by atoms with Gasteiger partial charge in [0.25, 0.3) is 0 Å². The van der Waals surface area contributed by atoms with Crippen molar-refractivity contribution in [2.75, 3.05) is 25.6 Å². The molecule has 2 aromatic rings. The molecule has 1 aromatic carbocycles. The molecule has 2 amide bonds. The molecule has 1 saturated carbocycles. The predicted octanol–water partition coefficient (Wildman–Crippen LogP) is 2.86. The van der Waals surface area contributed by atoms with Gasteiger partial charge in [0.1, 0.15) is 5.52 Å². The van der Waals surface area contributed by atoms with E-state index in [1.54, 1.807) is 7.11 Å². The first-order valence-electron chi connectivity index (χ1n) is 7.20. The third-order valence-electron chi connectivity index (χ3n) is 3.40. The highest BCUT2D eigenvalue weighted by Crippen LogP contribution is 2.40. The maximum absolute atomic E-state index is 11.7. The highest BCUT2D eigenvalue weighted by molar-refractivity contribution is 5.91. The first kappa shape index (κ1) is 13.9. The fraction of sp³-hybridized carbons (Fsp3) is 0.467. The Labute approximate surface area is 122 Å². The lowest BCUT2D eigenvalue weighted by atomic mass is 10.3. The Morgan fingerprint density at radius 1 is 1.48 bits per heavy atom. The van der Waals surface area contributed by atoms with Crippen molar-refractivity contribution in [3.05, 3.63) is 24.1 Å². The Kier molecular flexibility index (Phi) is 4.06. The first-order valence-corrected chi connectivity index (χ1v) is 7.20. The van der Waals surface area contributed by atoms with E-state index in [-0.39, 0.29) is 6.03 Å². The number of methoxy groups -OCH3 is 1. The molecule has 0 saturated heterocycles. The number of amides is 2. The molecule has 1 aliphatic rings. The standard InChI is InChI=1S/C15H19N3O3/c1-20-8-2-7-16-15(19)17-11-5-6-13-12(9-11)18-14(21-13)10-3-4-10/h5-6,9-10H,2-4,7-8H2,1H3,(H2,16,17,19). The van der Waals surface area contributed by atoms with Crippen molar-refractivity contribution in [3.63, 3.8) is 0 Å².